The SMILES string of the molecule is COCc1noc(CN2C[C@@H]3CC[C@H]2CN(Cc2ccc(F)cc2)C3)n1. The summed E-state index contributed by atoms with van der Waals surface area (Å²) >= 11 is 0. The van der Waals surface area contributed by atoms with Crippen LogP contribution in [0.4, 0.5) is 4.39 Å². The summed E-state index contributed by atoms with van der Waals surface area (Å²) in [5, 5.41) is 3.96. The Morgan fingerprint density at radius 2 is 2.00 bits per heavy atom. The Labute approximate surface area is 152 Å². The zero-order valence-corrected chi connectivity index (χ0v) is 15.1. The van der Waals surface area contributed by atoms with Crippen molar-refractivity contribution in [2.75, 3.05) is 26.7 Å². The van der Waals surface area contributed by atoms with Crippen LogP contribution in [0, 0.1) is 11.7 Å². The average Bonchev–Trinajstić information content (AvgIpc) is 2.88. The molecule has 0 aliphatic carbocycles. The Morgan fingerprint density at radius 1 is 1.15 bits per heavy atom. The first-order chi connectivity index (χ1) is 12.7. The molecule has 3 aliphatic heterocycles. The van der Waals surface area contributed by atoms with Crippen LogP contribution < -0.4 is 0 Å². The molecule has 3 saturated heterocycles. The number of hydrogen-bond acceptors (Lipinski definition) is 6. The molecule has 3 fully saturated rings. The van der Waals surface area contributed by atoms with Crippen LogP contribution in [0.2, 0.25) is 0 Å². The van der Waals surface area contributed by atoms with Crippen LogP contribution in [-0.4, -0.2) is 52.7 Å². The van der Waals surface area contributed by atoms with Gasteiger partial charge in [-0.25, -0.2) is 4.39 Å². The molecule has 0 saturated carbocycles. The maximum Gasteiger partial charge on any atom is 0.240 e. The summed E-state index contributed by atoms with van der Waals surface area (Å²) in [6, 6.07) is 7.35. The Balaban J connectivity index is 1.40. The van der Waals surface area contributed by atoms with Gasteiger partial charge in [0.25, 0.3) is 0 Å². The molecule has 140 valence electrons. The molecule has 0 radical (unpaired) electrons. The van der Waals surface area contributed by atoms with Gasteiger partial charge in [-0.3, -0.25) is 9.80 Å². The molecule has 0 unspecified atom stereocenters. The number of fused-ring (bicyclic) bond motifs is 4. The number of rotatable bonds is 6. The van der Waals surface area contributed by atoms with E-state index in [1.54, 1.807) is 19.2 Å². The summed E-state index contributed by atoms with van der Waals surface area (Å²) in [4.78, 5) is 9.38. The van der Waals surface area contributed by atoms with Crippen LogP contribution in [0.15, 0.2) is 28.8 Å². The number of hydrogen-bond donors (Lipinski definition) is 0. The van der Waals surface area contributed by atoms with Gasteiger partial charge in [-0.15, -0.1) is 0 Å². The third-order valence-corrected chi connectivity index (χ3v) is 5.34. The fourth-order valence-electron chi connectivity index (χ4n) is 4.16. The van der Waals surface area contributed by atoms with E-state index in [-0.39, 0.29) is 5.82 Å². The monoisotopic (exact) mass is 360 g/mol. The van der Waals surface area contributed by atoms with Crippen molar-refractivity contribution in [1.29, 1.82) is 0 Å². The predicted molar refractivity (Wildman–Crippen MR) is 93.6 cm³/mol. The molecule has 26 heavy (non-hydrogen) atoms. The second kappa shape index (κ2) is 7.82. The van der Waals surface area contributed by atoms with Crippen LogP contribution >= 0.6 is 0 Å². The van der Waals surface area contributed by atoms with Crippen LogP contribution in [0.3, 0.4) is 0 Å². The number of piperidine rings is 1. The number of halogens is 1. The normalized spacial score (nSPS) is 24.1. The molecule has 4 heterocycles. The second-order valence-corrected chi connectivity index (χ2v) is 7.38. The largest absolute Gasteiger partial charge is 0.377 e. The highest BCUT2D eigenvalue weighted by atomic mass is 19.1. The second-order valence-electron chi connectivity index (χ2n) is 7.38. The molecular formula is C19H25FN4O2. The van der Waals surface area contributed by atoms with Gasteiger partial charge in [0, 0.05) is 39.3 Å². The first-order valence-corrected chi connectivity index (χ1v) is 9.21. The molecular weight excluding hydrogens is 335 g/mol. The van der Waals surface area contributed by atoms with Crippen molar-refractivity contribution in [2.45, 2.75) is 38.6 Å². The van der Waals surface area contributed by atoms with Gasteiger partial charge in [0.05, 0.1) is 6.54 Å². The van der Waals surface area contributed by atoms with Gasteiger partial charge in [0.1, 0.15) is 12.4 Å². The van der Waals surface area contributed by atoms with Crippen LogP contribution in [0.1, 0.15) is 30.1 Å². The molecule has 0 spiro atoms. The van der Waals surface area contributed by atoms with Crippen molar-refractivity contribution >= 4 is 0 Å². The van der Waals surface area contributed by atoms with Crippen molar-refractivity contribution in [1.82, 2.24) is 19.9 Å². The molecule has 3 aliphatic rings. The Kier molecular flexibility index (Phi) is 5.28. The van der Waals surface area contributed by atoms with Crippen molar-refractivity contribution in [3.63, 3.8) is 0 Å². The fourth-order valence-corrected chi connectivity index (χ4v) is 4.16. The summed E-state index contributed by atoms with van der Waals surface area (Å²) in [6.45, 7) is 5.12. The Morgan fingerprint density at radius 3 is 2.81 bits per heavy atom. The predicted octanol–water partition coefficient (Wildman–Crippen LogP) is 2.45. The molecule has 2 bridgehead atoms. The minimum atomic E-state index is -0.178. The van der Waals surface area contributed by atoms with Gasteiger partial charge in [0.15, 0.2) is 5.82 Å². The van der Waals surface area contributed by atoms with Crippen LogP contribution in [0.5, 0.6) is 0 Å². The Hall–Kier alpha value is -1.83. The molecule has 2 atom stereocenters. The van der Waals surface area contributed by atoms with Gasteiger partial charge >= 0.3 is 0 Å². The number of nitrogens with zero attached hydrogens (tertiary/aromatic N) is 4. The van der Waals surface area contributed by atoms with Gasteiger partial charge in [-0.1, -0.05) is 17.3 Å². The highest BCUT2D eigenvalue weighted by Gasteiger charge is 2.35. The maximum atomic E-state index is 13.1. The smallest absolute Gasteiger partial charge is 0.240 e. The molecule has 1 aromatic heterocycles. The lowest BCUT2D eigenvalue weighted by Crippen LogP contribution is -2.43. The van der Waals surface area contributed by atoms with E-state index >= 15 is 0 Å². The zero-order chi connectivity index (χ0) is 17.9. The zero-order valence-electron chi connectivity index (χ0n) is 15.1. The lowest BCUT2D eigenvalue weighted by Gasteiger charge is -2.35. The molecule has 7 heteroatoms. The third kappa shape index (κ3) is 4.11. The van der Waals surface area contributed by atoms with Crippen LogP contribution in [-0.2, 0) is 24.4 Å². The first kappa shape index (κ1) is 17.6. The van der Waals surface area contributed by atoms with E-state index in [1.165, 1.54) is 18.4 Å². The van der Waals surface area contributed by atoms with Crippen molar-refractivity contribution in [3.8, 4) is 0 Å². The summed E-state index contributed by atoms with van der Waals surface area (Å²) in [5.74, 6) is 1.73. The average molecular weight is 360 g/mol. The quantitative estimate of drug-likeness (QED) is 0.789. The first-order valence-electron chi connectivity index (χ1n) is 9.21. The summed E-state index contributed by atoms with van der Waals surface area (Å²) in [6.07, 6.45) is 2.46. The fraction of sp³-hybridized carbons (Fsp3) is 0.579. The van der Waals surface area contributed by atoms with E-state index in [0.29, 0.717) is 36.8 Å². The lowest BCUT2D eigenvalue weighted by molar-refractivity contribution is 0.109. The molecule has 6 nitrogen and oxygen atoms in total. The van der Waals surface area contributed by atoms with Gasteiger partial charge < -0.3 is 9.26 Å². The van der Waals surface area contributed by atoms with E-state index in [1.807, 2.05) is 12.1 Å². The van der Waals surface area contributed by atoms with Gasteiger partial charge in [-0.2, -0.15) is 4.98 Å². The van der Waals surface area contributed by atoms with E-state index < -0.39 is 0 Å². The number of benzene rings is 1. The molecule has 1 aromatic carbocycles. The lowest BCUT2D eigenvalue weighted by atomic mass is 9.95. The number of ether oxygens (including phenoxy) is 1. The minimum Gasteiger partial charge on any atom is -0.377 e. The van der Waals surface area contributed by atoms with Crippen molar-refractivity contribution in [2.24, 2.45) is 5.92 Å². The molecule has 0 N–H and O–H groups in total. The number of aromatic nitrogens is 2. The molecule has 5 rings (SSSR count). The van der Waals surface area contributed by atoms with Crippen molar-refractivity contribution in [3.05, 3.63) is 47.4 Å². The van der Waals surface area contributed by atoms with Crippen molar-refractivity contribution < 1.29 is 13.7 Å². The maximum absolute atomic E-state index is 13.1. The molecule has 2 aromatic rings. The van der Waals surface area contributed by atoms with E-state index in [2.05, 4.69) is 19.9 Å². The minimum absolute atomic E-state index is 0.178. The van der Waals surface area contributed by atoms with Gasteiger partial charge in [-0.05, 0) is 36.5 Å². The van der Waals surface area contributed by atoms with E-state index in [9.17, 15) is 4.39 Å². The summed E-state index contributed by atoms with van der Waals surface area (Å²) in [5.41, 5.74) is 1.17. The third-order valence-electron chi connectivity index (χ3n) is 5.34. The summed E-state index contributed by atoms with van der Waals surface area (Å²) < 4.78 is 23.5. The summed E-state index contributed by atoms with van der Waals surface area (Å²) in [7, 11) is 1.62. The van der Waals surface area contributed by atoms with Crippen LogP contribution in [0.25, 0.3) is 0 Å². The standard InChI is InChI=1S/C19H25FN4O2/c1-25-13-18-21-19(26-22-18)12-24-10-15-4-7-17(24)11-23(9-15)8-14-2-5-16(20)6-3-14/h2-3,5-6,15,17H,4,7-13H2,1H3/t15-,17+/m1/s1. The highest BCUT2D eigenvalue weighted by Crippen LogP contribution is 2.29. The highest BCUT2D eigenvalue weighted by molar-refractivity contribution is 5.16. The number of methoxy groups -OCH3 is 1. The molecule has 0 amide bonds. The topological polar surface area (TPSA) is 54.6 Å². The Bertz CT molecular complexity index is 721. The van der Waals surface area contributed by atoms with E-state index in [0.717, 1.165) is 26.2 Å². The van der Waals surface area contributed by atoms with Gasteiger partial charge in [0.2, 0.25) is 5.89 Å². The van der Waals surface area contributed by atoms with E-state index in [4.69, 9.17) is 9.26 Å².